The highest BCUT2D eigenvalue weighted by atomic mass is 79.9. The number of methoxy groups -OCH3 is 1. The molecule has 0 aliphatic rings. The van der Waals surface area contributed by atoms with Crippen LogP contribution in [0.2, 0.25) is 0 Å². The van der Waals surface area contributed by atoms with Crippen molar-refractivity contribution in [3.05, 3.63) is 70.2 Å². The van der Waals surface area contributed by atoms with Crippen molar-refractivity contribution in [1.82, 2.24) is 5.32 Å². The van der Waals surface area contributed by atoms with Crippen molar-refractivity contribution in [1.29, 1.82) is 0 Å². The molecule has 0 spiro atoms. The lowest BCUT2D eigenvalue weighted by molar-refractivity contribution is 0.0975. The number of amides is 1. The molecule has 3 rings (SSSR count). The van der Waals surface area contributed by atoms with Crippen LogP contribution in [0.5, 0.6) is 5.75 Å². The van der Waals surface area contributed by atoms with E-state index in [4.69, 9.17) is 17.0 Å². The number of nitrogens with one attached hydrogen (secondary N) is 2. The minimum Gasteiger partial charge on any atom is -0.495 e. The van der Waals surface area contributed by atoms with Gasteiger partial charge in [0.15, 0.2) is 5.11 Å². The summed E-state index contributed by atoms with van der Waals surface area (Å²) in [6.07, 6.45) is 1.01. The molecule has 0 heterocycles. The molecule has 0 unspecified atom stereocenters. The highest BCUT2D eigenvalue weighted by Gasteiger charge is 2.19. The second kappa shape index (κ2) is 9.37. The molecule has 2 N–H and O–H groups in total. The van der Waals surface area contributed by atoms with E-state index in [1.54, 1.807) is 7.11 Å². The van der Waals surface area contributed by atoms with E-state index < -0.39 is 0 Å². The van der Waals surface area contributed by atoms with Crippen molar-refractivity contribution in [2.24, 2.45) is 0 Å². The summed E-state index contributed by atoms with van der Waals surface area (Å²) in [5, 5.41) is 8.10. The number of carbonyl (C=O) groups excluding carboxylic acids is 1. The smallest absolute Gasteiger partial charge is 0.261 e. The van der Waals surface area contributed by atoms with Crippen molar-refractivity contribution in [2.75, 3.05) is 12.4 Å². The topological polar surface area (TPSA) is 50.4 Å². The summed E-state index contributed by atoms with van der Waals surface area (Å²) in [5.41, 5.74) is 2.48. The van der Waals surface area contributed by atoms with Gasteiger partial charge in [0.2, 0.25) is 0 Å². The fraction of sp³-hybridized carbons (Fsp3) is 0.217. The van der Waals surface area contributed by atoms with E-state index in [1.807, 2.05) is 48.5 Å². The van der Waals surface area contributed by atoms with E-state index in [2.05, 4.69) is 46.5 Å². The monoisotopic (exact) mass is 470 g/mol. The Morgan fingerprint density at radius 2 is 1.86 bits per heavy atom. The lowest BCUT2D eigenvalue weighted by atomic mass is 9.97. The van der Waals surface area contributed by atoms with Gasteiger partial charge < -0.3 is 10.1 Å². The van der Waals surface area contributed by atoms with Crippen molar-refractivity contribution >= 4 is 55.6 Å². The molecule has 0 aromatic heterocycles. The zero-order chi connectivity index (χ0) is 21.0. The third-order valence-electron chi connectivity index (χ3n) is 4.97. The minimum atomic E-state index is -0.327. The maximum atomic E-state index is 13.0. The third-order valence-corrected chi connectivity index (χ3v) is 5.96. The van der Waals surface area contributed by atoms with Gasteiger partial charge in [-0.25, -0.2) is 0 Å². The fourth-order valence-electron chi connectivity index (χ4n) is 3.24. The number of hydrogen-bond donors (Lipinski definition) is 2. The minimum absolute atomic E-state index is 0.247. The van der Waals surface area contributed by atoms with Gasteiger partial charge in [0.25, 0.3) is 5.91 Å². The molecule has 0 bridgehead atoms. The van der Waals surface area contributed by atoms with Crippen LogP contribution in [0.4, 0.5) is 5.69 Å². The number of benzene rings is 3. The Kier molecular flexibility index (Phi) is 6.87. The first-order chi connectivity index (χ1) is 14.0. The van der Waals surface area contributed by atoms with Crippen molar-refractivity contribution < 1.29 is 9.53 Å². The number of rotatable bonds is 5. The van der Waals surface area contributed by atoms with E-state index in [0.717, 1.165) is 32.9 Å². The lowest BCUT2D eigenvalue weighted by Gasteiger charge is -2.18. The van der Waals surface area contributed by atoms with Gasteiger partial charge in [0, 0.05) is 5.69 Å². The number of para-hydroxylation sites is 1. The summed E-state index contributed by atoms with van der Waals surface area (Å²) in [7, 11) is 1.55. The second-order valence-corrected chi connectivity index (χ2v) is 8.00. The molecular formula is C23H23BrN2O2S. The summed E-state index contributed by atoms with van der Waals surface area (Å²) in [5.74, 6) is 0.532. The van der Waals surface area contributed by atoms with Crippen LogP contribution in [-0.4, -0.2) is 18.1 Å². The molecule has 1 amide bonds. The molecule has 0 saturated carbocycles. The third kappa shape index (κ3) is 4.60. The summed E-state index contributed by atoms with van der Waals surface area (Å²) < 4.78 is 6.24. The van der Waals surface area contributed by atoms with E-state index in [0.29, 0.717) is 17.2 Å². The van der Waals surface area contributed by atoms with Gasteiger partial charge in [0.05, 0.1) is 17.1 Å². The molecule has 150 valence electrons. The first-order valence-corrected chi connectivity index (χ1v) is 10.6. The number of anilines is 1. The average Bonchev–Trinajstić information content (AvgIpc) is 2.73. The Morgan fingerprint density at radius 1 is 1.17 bits per heavy atom. The highest BCUT2D eigenvalue weighted by molar-refractivity contribution is 9.10. The number of thiocarbonyl (C=S) groups is 1. The molecular weight excluding hydrogens is 448 g/mol. The molecule has 3 aromatic carbocycles. The van der Waals surface area contributed by atoms with Gasteiger partial charge in [-0.2, -0.15) is 0 Å². The highest BCUT2D eigenvalue weighted by Crippen LogP contribution is 2.36. The largest absolute Gasteiger partial charge is 0.495 e. The SMILES string of the molecule is CC[C@@H](C)c1ccccc1NC(=S)NC(=O)c1cc2ccccc2c(Br)c1OC. The molecule has 0 aliphatic carbocycles. The van der Waals surface area contributed by atoms with Gasteiger partial charge in [-0.05, 0) is 69.0 Å². The normalized spacial score (nSPS) is 11.7. The molecule has 3 aromatic rings. The van der Waals surface area contributed by atoms with Gasteiger partial charge in [-0.15, -0.1) is 0 Å². The van der Waals surface area contributed by atoms with E-state index in [9.17, 15) is 4.79 Å². The number of ether oxygens (including phenoxy) is 1. The number of halogens is 1. The van der Waals surface area contributed by atoms with E-state index in [-0.39, 0.29) is 11.0 Å². The molecule has 0 fully saturated rings. The maximum Gasteiger partial charge on any atom is 0.261 e. The number of carbonyl (C=O) groups is 1. The summed E-state index contributed by atoms with van der Waals surface area (Å²) in [6, 6.07) is 17.6. The lowest BCUT2D eigenvalue weighted by Crippen LogP contribution is -2.34. The first-order valence-electron chi connectivity index (χ1n) is 9.42. The molecule has 0 aliphatic heterocycles. The molecule has 29 heavy (non-hydrogen) atoms. The van der Waals surface area contributed by atoms with Crippen LogP contribution in [0.25, 0.3) is 10.8 Å². The van der Waals surface area contributed by atoms with Crippen molar-refractivity contribution in [2.45, 2.75) is 26.2 Å². The molecule has 6 heteroatoms. The zero-order valence-corrected chi connectivity index (χ0v) is 19.0. The second-order valence-electron chi connectivity index (χ2n) is 6.80. The zero-order valence-electron chi connectivity index (χ0n) is 16.6. The van der Waals surface area contributed by atoms with Crippen LogP contribution in [0.1, 0.15) is 42.1 Å². The van der Waals surface area contributed by atoms with Crippen molar-refractivity contribution in [3.8, 4) is 5.75 Å². The Balaban J connectivity index is 1.85. The quantitative estimate of drug-likeness (QED) is 0.432. The fourth-order valence-corrected chi connectivity index (χ4v) is 4.18. The average molecular weight is 471 g/mol. The van der Waals surface area contributed by atoms with Gasteiger partial charge >= 0.3 is 0 Å². The standard InChI is InChI=1S/C23H23BrN2O2S/c1-4-14(2)16-10-7-8-12-19(16)25-23(29)26-22(27)18-13-15-9-5-6-11-17(15)20(24)21(18)28-3/h5-14H,4H2,1-3H3,(H2,25,26,27,29)/t14-/m1/s1. The van der Waals surface area contributed by atoms with E-state index >= 15 is 0 Å². The molecule has 0 radical (unpaired) electrons. The Hall–Kier alpha value is -2.44. The first kappa shape index (κ1) is 21.3. The Morgan fingerprint density at radius 3 is 2.59 bits per heavy atom. The van der Waals surface area contributed by atoms with Crippen LogP contribution in [0.15, 0.2) is 59.1 Å². The molecule has 0 saturated heterocycles. The summed E-state index contributed by atoms with van der Waals surface area (Å²) in [4.78, 5) is 13.0. The van der Waals surface area contributed by atoms with Crippen LogP contribution in [0.3, 0.4) is 0 Å². The van der Waals surface area contributed by atoms with Crippen molar-refractivity contribution in [3.63, 3.8) is 0 Å². The van der Waals surface area contributed by atoms with Gasteiger partial charge in [-0.3, -0.25) is 10.1 Å². The van der Waals surface area contributed by atoms with Crippen LogP contribution >= 0.6 is 28.1 Å². The van der Waals surface area contributed by atoms with Crippen LogP contribution in [0, 0.1) is 0 Å². The Labute approximate surface area is 184 Å². The van der Waals surface area contributed by atoms with E-state index in [1.165, 1.54) is 0 Å². The Bertz CT molecular complexity index is 1070. The predicted octanol–water partition coefficient (Wildman–Crippen LogP) is 6.25. The predicted molar refractivity (Wildman–Crippen MR) is 127 cm³/mol. The summed E-state index contributed by atoms with van der Waals surface area (Å²) in [6.45, 7) is 4.31. The van der Waals surface area contributed by atoms with Crippen LogP contribution < -0.4 is 15.4 Å². The van der Waals surface area contributed by atoms with Crippen LogP contribution in [-0.2, 0) is 0 Å². The van der Waals surface area contributed by atoms with Gasteiger partial charge in [-0.1, -0.05) is 56.3 Å². The summed E-state index contributed by atoms with van der Waals surface area (Å²) >= 11 is 8.97. The number of fused-ring (bicyclic) bond motifs is 1. The molecule has 4 nitrogen and oxygen atoms in total. The number of hydrogen-bond acceptors (Lipinski definition) is 3. The van der Waals surface area contributed by atoms with Gasteiger partial charge in [0.1, 0.15) is 5.75 Å². The maximum absolute atomic E-state index is 13.0. The molecule has 1 atom stereocenters.